The van der Waals surface area contributed by atoms with Gasteiger partial charge in [-0.15, -0.1) is 0 Å². The van der Waals surface area contributed by atoms with Crippen LogP contribution in [0.3, 0.4) is 0 Å². The van der Waals surface area contributed by atoms with Crippen LogP contribution in [0.4, 0.5) is 0 Å². The van der Waals surface area contributed by atoms with Crippen molar-refractivity contribution in [2.45, 2.75) is 168 Å². The number of carbonyl (C=O) groups is 2. The first-order chi connectivity index (χ1) is 18.6. The number of esters is 1. The van der Waals surface area contributed by atoms with Crippen molar-refractivity contribution in [2.75, 3.05) is 0 Å². The van der Waals surface area contributed by atoms with Crippen LogP contribution in [-0.4, -0.2) is 23.1 Å². The van der Waals surface area contributed by atoms with E-state index in [2.05, 4.69) is 50.3 Å². The Balaban J connectivity index is 4.11. The van der Waals surface area contributed by atoms with Gasteiger partial charge in [-0.3, -0.25) is 9.59 Å². The Morgan fingerprint density at radius 1 is 0.605 bits per heavy atom. The molecule has 0 saturated heterocycles. The van der Waals surface area contributed by atoms with E-state index in [-0.39, 0.29) is 18.5 Å². The number of hydrogen-bond donors (Lipinski definition) is 1. The lowest BCUT2D eigenvalue weighted by molar-refractivity contribution is -0.147. The summed E-state index contributed by atoms with van der Waals surface area (Å²) in [6.45, 7) is 4.44. The number of aliphatic carboxylic acids is 1. The number of rotatable bonds is 28. The summed E-state index contributed by atoms with van der Waals surface area (Å²) in [5.41, 5.74) is 0. The molecule has 1 N–H and O–H groups in total. The molecule has 0 spiro atoms. The van der Waals surface area contributed by atoms with Crippen LogP contribution < -0.4 is 0 Å². The molecule has 4 nitrogen and oxygen atoms in total. The van der Waals surface area contributed by atoms with Gasteiger partial charge in [0.05, 0.1) is 0 Å². The van der Waals surface area contributed by atoms with Crippen LogP contribution in [-0.2, 0) is 14.3 Å². The number of carboxylic acids is 1. The van der Waals surface area contributed by atoms with Crippen molar-refractivity contribution in [2.24, 2.45) is 0 Å². The summed E-state index contributed by atoms with van der Waals surface area (Å²) in [4.78, 5) is 23.1. The highest BCUT2D eigenvalue weighted by Gasteiger charge is 2.11. The van der Waals surface area contributed by atoms with E-state index >= 15 is 0 Å². The topological polar surface area (TPSA) is 63.6 Å². The van der Waals surface area contributed by atoms with Crippen molar-refractivity contribution in [3.8, 4) is 0 Å². The summed E-state index contributed by atoms with van der Waals surface area (Å²) < 4.78 is 5.83. The van der Waals surface area contributed by atoms with Gasteiger partial charge >= 0.3 is 11.9 Å². The molecule has 220 valence electrons. The number of hydrogen-bond acceptors (Lipinski definition) is 3. The molecule has 4 heteroatoms. The van der Waals surface area contributed by atoms with Crippen LogP contribution >= 0.6 is 0 Å². The van der Waals surface area contributed by atoms with E-state index < -0.39 is 5.97 Å². The van der Waals surface area contributed by atoms with Crippen molar-refractivity contribution in [1.82, 2.24) is 0 Å². The fourth-order valence-corrected chi connectivity index (χ4v) is 4.42. The minimum Gasteiger partial charge on any atom is -0.481 e. The van der Waals surface area contributed by atoms with Crippen LogP contribution in [0.5, 0.6) is 0 Å². The van der Waals surface area contributed by atoms with Gasteiger partial charge in [0.15, 0.2) is 0 Å². The first kappa shape index (κ1) is 36.2. The summed E-state index contributed by atoms with van der Waals surface area (Å²) in [5.74, 6) is -0.804. The van der Waals surface area contributed by atoms with Gasteiger partial charge in [0.1, 0.15) is 6.10 Å². The Hall–Kier alpha value is -1.84. The fourth-order valence-electron chi connectivity index (χ4n) is 4.42. The van der Waals surface area contributed by atoms with Crippen LogP contribution in [0.25, 0.3) is 0 Å². The summed E-state index contributed by atoms with van der Waals surface area (Å²) in [5, 5.41) is 8.78. The number of allylic oxidation sites excluding steroid dienone is 5. The molecule has 0 amide bonds. The lowest BCUT2D eigenvalue weighted by Gasteiger charge is -2.15. The molecule has 0 aromatic carbocycles. The zero-order valence-corrected chi connectivity index (χ0v) is 25.0. The SMILES string of the molecule is CCC/C=C\C/C=C\CCCCCCCC(=O)OC(/C=C\CCCCCCCC)CCCCCCC(=O)O. The zero-order valence-electron chi connectivity index (χ0n) is 25.0. The molecule has 0 fully saturated rings. The normalized spacial score (nSPS) is 12.7. The third kappa shape index (κ3) is 28.7. The Labute approximate surface area is 235 Å². The molecule has 0 radical (unpaired) electrons. The molecule has 0 aliphatic rings. The number of unbranched alkanes of at least 4 members (excludes halogenated alkanes) is 15. The third-order valence-electron chi connectivity index (χ3n) is 6.80. The van der Waals surface area contributed by atoms with Gasteiger partial charge in [-0.05, 0) is 70.3 Å². The van der Waals surface area contributed by atoms with Gasteiger partial charge in [0, 0.05) is 12.8 Å². The molecule has 0 heterocycles. The largest absolute Gasteiger partial charge is 0.481 e. The lowest BCUT2D eigenvalue weighted by Crippen LogP contribution is -2.16. The molecule has 0 saturated carbocycles. The summed E-state index contributed by atoms with van der Waals surface area (Å²) >= 11 is 0. The van der Waals surface area contributed by atoms with Crippen LogP contribution in [0, 0.1) is 0 Å². The Morgan fingerprint density at radius 3 is 1.82 bits per heavy atom. The Morgan fingerprint density at radius 2 is 1.16 bits per heavy atom. The molecule has 38 heavy (non-hydrogen) atoms. The van der Waals surface area contributed by atoms with E-state index in [1.807, 2.05) is 0 Å². The maximum absolute atomic E-state index is 12.5. The van der Waals surface area contributed by atoms with Crippen LogP contribution in [0.15, 0.2) is 36.5 Å². The van der Waals surface area contributed by atoms with Crippen LogP contribution in [0.1, 0.15) is 162 Å². The predicted molar refractivity (Wildman–Crippen MR) is 162 cm³/mol. The van der Waals surface area contributed by atoms with Crippen molar-refractivity contribution in [1.29, 1.82) is 0 Å². The van der Waals surface area contributed by atoms with Gasteiger partial charge in [-0.1, -0.05) is 115 Å². The minimum atomic E-state index is -0.725. The zero-order chi connectivity index (χ0) is 27.9. The molecule has 0 aliphatic carbocycles. The first-order valence-electron chi connectivity index (χ1n) is 16.0. The van der Waals surface area contributed by atoms with Gasteiger partial charge in [-0.25, -0.2) is 0 Å². The van der Waals surface area contributed by atoms with Crippen molar-refractivity contribution in [3.05, 3.63) is 36.5 Å². The Bertz CT molecular complexity index is 620. The Kier molecular flexibility index (Phi) is 28.3. The van der Waals surface area contributed by atoms with E-state index in [4.69, 9.17) is 9.84 Å². The number of ether oxygens (including phenoxy) is 1. The standard InChI is InChI=1S/C34H60O4/c1-3-5-7-9-11-13-14-15-16-17-19-21-27-31-34(37)38-32(29-25-22-23-26-30-33(35)36)28-24-20-18-12-10-8-6-4-2/h7,9,13-14,24,28,32H,3-6,8,10-12,15-23,25-27,29-31H2,1-2H3,(H,35,36)/b9-7-,14-13-,28-24-. The smallest absolute Gasteiger partial charge is 0.306 e. The number of carboxylic acid groups (broad SMARTS) is 1. The lowest BCUT2D eigenvalue weighted by atomic mass is 10.1. The van der Waals surface area contributed by atoms with Gasteiger partial charge < -0.3 is 9.84 Å². The summed E-state index contributed by atoms with van der Waals surface area (Å²) in [6, 6.07) is 0. The first-order valence-corrected chi connectivity index (χ1v) is 16.0. The van der Waals surface area contributed by atoms with Crippen molar-refractivity contribution in [3.63, 3.8) is 0 Å². The average Bonchev–Trinajstić information content (AvgIpc) is 2.89. The second-order valence-corrected chi connectivity index (χ2v) is 10.6. The van der Waals surface area contributed by atoms with E-state index in [0.717, 1.165) is 64.2 Å². The molecule has 0 aromatic rings. The molecule has 0 aromatic heterocycles. The maximum Gasteiger partial charge on any atom is 0.306 e. The molecular weight excluding hydrogens is 472 g/mol. The fraction of sp³-hybridized carbons (Fsp3) is 0.765. The highest BCUT2D eigenvalue weighted by atomic mass is 16.5. The number of carbonyl (C=O) groups excluding carboxylic acids is 1. The monoisotopic (exact) mass is 532 g/mol. The second-order valence-electron chi connectivity index (χ2n) is 10.6. The molecule has 0 aliphatic heterocycles. The second kappa shape index (κ2) is 29.7. The minimum absolute atomic E-state index is 0.0795. The molecule has 1 atom stereocenters. The third-order valence-corrected chi connectivity index (χ3v) is 6.80. The van der Waals surface area contributed by atoms with Crippen molar-refractivity contribution >= 4 is 11.9 Å². The summed E-state index contributed by atoms with van der Waals surface area (Å²) in [6.07, 6.45) is 37.3. The molecule has 0 rings (SSSR count). The average molecular weight is 533 g/mol. The van der Waals surface area contributed by atoms with Crippen molar-refractivity contribution < 1.29 is 19.4 Å². The highest BCUT2D eigenvalue weighted by Crippen LogP contribution is 2.15. The van der Waals surface area contributed by atoms with Gasteiger partial charge in [0.2, 0.25) is 0 Å². The molecular formula is C34H60O4. The van der Waals surface area contributed by atoms with E-state index in [1.54, 1.807) is 0 Å². The van der Waals surface area contributed by atoms with E-state index in [9.17, 15) is 9.59 Å². The predicted octanol–water partition coefficient (Wildman–Crippen LogP) is 10.7. The highest BCUT2D eigenvalue weighted by molar-refractivity contribution is 5.69. The van der Waals surface area contributed by atoms with E-state index in [0.29, 0.717) is 6.42 Å². The van der Waals surface area contributed by atoms with Gasteiger partial charge in [0.25, 0.3) is 0 Å². The van der Waals surface area contributed by atoms with E-state index in [1.165, 1.54) is 70.6 Å². The molecule has 0 bridgehead atoms. The van der Waals surface area contributed by atoms with Crippen LogP contribution in [0.2, 0.25) is 0 Å². The quantitative estimate of drug-likeness (QED) is 0.0618. The molecule has 1 unspecified atom stereocenters. The maximum atomic E-state index is 12.5. The summed E-state index contributed by atoms with van der Waals surface area (Å²) in [7, 11) is 0. The van der Waals surface area contributed by atoms with Gasteiger partial charge in [-0.2, -0.15) is 0 Å².